The zero-order valence-electron chi connectivity index (χ0n) is 8.66. The first-order chi connectivity index (χ1) is 6.77. The van der Waals surface area contributed by atoms with Gasteiger partial charge >= 0.3 is 0 Å². The van der Waals surface area contributed by atoms with Gasteiger partial charge < -0.3 is 10.4 Å². The van der Waals surface area contributed by atoms with E-state index in [4.69, 9.17) is 5.11 Å². The standard InChI is InChI=1S/C10H19NO2S/c1-14-7-10(13)11-9-5-3-2-4-8(9)6-12/h8-9,12H,2-7H2,1H3,(H,11,13). The summed E-state index contributed by atoms with van der Waals surface area (Å²) in [6, 6.07) is 0.202. The van der Waals surface area contributed by atoms with Gasteiger partial charge in [0.05, 0.1) is 5.75 Å². The first kappa shape index (κ1) is 11.9. The second kappa shape index (κ2) is 6.30. The van der Waals surface area contributed by atoms with Crippen molar-refractivity contribution in [2.24, 2.45) is 5.92 Å². The largest absolute Gasteiger partial charge is 0.396 e. The van der Waals surface area contributed by atoms with Crippen molar-refractivity contribution in [2.75, 3.05) is 18.6 Å². The molecule has 3 nitrogen and oxygen atoms in total. The minimum Gasteiger partial charge on any atom is -0.396 e. The molecule has 4 heteroatoms. The van der Waals surface area contributed by atoms with Crippen LogP contribution >= 0.6 is 11.8 Å². The molecule has 1 rings (SSSR count). The van der Waals surface area contributed by atoms with Crippen molar-refractivity contribution >= 4 is 17.7 Å². The summed E-state index contributed by atoms with van der Waals surface area (Å²) in [4.78, 5) is 11.4. The Hall–Kier alpha value is -0.220. The number of carbonyl (C=O) groups excluding carboxylic acids is 1. The fraction of sp³-hybridized carbons (Fsp3) is 0.900. The third-order valence-corrected chi connectivity index (χ3v) is 3.32. The minimum atomic E-state index is 0.0999. The van der Waals surface area contributed by atoms with Gasteiger partial charge in [0.25, 0.3) is 0 Å². The molecule has 1 fully saturated rings. The predicted octanol–water partition coefficient (Wildman–Crippen LogP) is 1.02. The number of hydrogen-bond donors (Lipinski definition) is 2. The van der Waals surface area contributed by atoms with Crippen molar-refractivity contribution in [3.8, 4) is 0 Å². The van der Waals surface area contributed by atoms with Crippen LogP contribution in [0.2, 0.25) is 0 Å². The third kappa shape index (κ3) is 3.50. The molecule has 1 amide bonds. The van der Waals surface area contributed by atoms with Gasteiger partial charge in [-0.05, 0) is 19.1 Å². The Bertz CT molecular complexity index is 187. The molecular weight excluding hydrogens is 198 g/mol. The van der Waals surface area contributed by atoms with Crippen molar-refractivity contribution in [1.82, 2.24) is 5.32 Å². The van der Waals surface area contributed by atoms with E-state index < -0.39 is 0 Å². The minimum absolute atomic E-state index is 0.0999. The van der Waals surface area contributed by atoms with Crippen LogP contribution in [0.1, 0.15) is 25.7 Å². The average Bonchev–Trinajstić information content (AvgIpc) is 2.19. The second-order valence-corrected chi connectivity index (χ2v) is 4.70. The summed E-state index contributed by atoms with van der Waals surface area (Å²) in [5, 5.41) is 12.1. The highest BCUT2D eigenvalue weighted by molar-refractivity contribution is 7.99. The maximum absolute atomic E-state index is 11.4. The van der Waals surface area contributed by atoms with Crippen LogP contribution < -0.4 is 5.32 Å². The Morgan fingerprint density at radius 3 is 2.86 bits per heavy atom. The Balaban J connectivity index is 2.36. The van der Waals surface area contributed by atoms with Crippen molar-refractivity contribution in [2.45, 2.75) is 31.7 Å². The molecule has 0 heterocycles. The van der Waals surface area contributed by atoms with Gasteiger partial charge in [-0.15, -0.1) is 0 Å². The maximum Gasteiger partial charge on any atom is 0.230 e. The molecule has 2 atom stereocenters. The van der Waals surface area contributed by atoms with Crippen LogP contribution in [0.25, 0.3) is 0 Å². The summed E-state index contributed by atoms with van der Waals surface area (Å²) in [7, 11) is 0. The van der Waals surface area contributed by atoms with Gasteiger partial charge in [-0.1, -0.05) is 12.8 Å². The summed E-state index contributed by atoms with van der Waals surface area (Å²) < 4.78 is 0. The van der Waals surface area contributed by atoms with E-state index >= 15 is 0 Å². The lowest BCUT2D eigenvalue weighted by molar-refractivity contribution is -0.119. The van der Waals surface area contributed by atoms with Crippen molar-refractivity contribution < 1.29 is 9.90 Å². The third-order valence-electron chi connectivity index (χ3n) is 2.77. The Labute approximate surface area is 89.6 Å². The lowest BCUT2D eigenvalue weighted by Crippen LogP contribution is -2.44. The van der Waals surface area contributed by atoms with Gasteiger partial charge in [-0.25, -0.2) is 0 Å². The lowest BCUT2D eigenvalue weighted by atomic mass is 9.85. The summed E-state index contributed by atoms with van der Waals surface area (Å²) in [6.45, 7) is 0.199. The monoisotopic (exact) mass is 217 g/mol. The van der Waals surface area contributed by atoms with Gasteiger partial charge in [0.2, 0.25) is 5.91 Å². The highest BCUT2D eigenvalue weighted by Gasteiger charge is 2.25. The predicted molar refractivity (Wildman–Crippen MR) is 59.4 cm³/mol. The Morgan fingerprint density at radius 1 is 1.50 bits per heavy atom. The molecule has 14 heavy (non-hydrogen) atoms. The second-order valence-electron chi connectivity index (χ2n) is 3.83. The first-order valence-electron chi connectivity index (χ1n) is 5.17. The number of nitrogens with one attached hydrogen (secondary N) is 1. The van der Waals surface area contributed by atoms with Crippen LogP contribution in [0.4, 0.5) is 0 Å². The van der Waals surface area contributed by atoms with Crippen LogP contribution in [0.5, 0.6) is 0 Å². The van der Waals surface area contributed by atoms with E-state index in [9.17, 15) is 4.79 Å². The molecule has 0 aromatic heterocycles. The van der Waals surface area contributed by atoms with E-state index in [-0.39, 0.29) is 24.5 Å². The van der Waals surface area contributed by atoms with Crippen LogP contribution in [-0.2, 0) is 4.79 Å². The van der Waals surface area contributed by atoms with Gasteiger partial charge in [-0.2, -0.15) is 11.8 Å². The van der Waals surface area contributed by atoms with Crippen molar-refractivity contribution in [3.63, 3.8) is 0 Å². The summed E-state index contributed by atoms with van der Waals surface area (Å²) in [5.41, 5.74) is 0. The Kier molecular flexibility index (Phi) is 5.33. The first-order valence-corrected chi connectivity index (χ1v) is 6.56. The molecular formula is C10H19NO2S. The molecule has 1 aliphatic carbocycles. The van der Waals surface area contributed by atoms with Crippen LogP contribution in [0.15, 0.2) is 0 Å². The highest BCUT2D eigenvalue weighted by atomic mass is 32.2. The quantitative estimate of drug-likeness (QED) is 0.739. The molecule has 2 unspecified atom stereocenters. The summed E-state index contributed by atoms with van der Waals surface area (Å²) in [5.74, 6) is 0.895. The molecule has 0 bridgehead atoms. The summed E-state index contributed by atoms with van der Waals surface area (Å²) >= 11 is 1.53. The molecule has 1 saturated carbocycles. The van der Waals surface area contributed by atoms with E-state index in [1.807, 2.05) is 6.26 Å². The fourth-order valence-corrected chi connectivity index (χ4v) is 2.34. The normalized spacial score (nSPS) is 27.3. The van der Waals surface area contributed by atoms with Crippen molar-refractivity contribution in [3.05, 3.63) is 0 Å². The fourth-order valence-electron chi connectivity index (χ4n) is 2.00. The van der Waals surface area contributed by atoms with Gasteiger partial charge in [-0.3, -0.25) is 4.79 Å². The van der Waals surface area contributed by atoms with Gasteiger partial charge in [0.15, 0.2) is 0 Å². The van der Waals surface area contributed by atoms with E-state index in [1.165, 1.54) is 24.6 Å². The van der Waals surface area contributed by atoms with Gasteiger partial charge in [0, 0.05) is 18.6 Å². The molecule has 0 spiro atoms. The van der Waals surface area contributed by atoms with Crippen LogP contribution in [0.3, 0.4) is 0 Å². The molecule has 2 N–H and O–H groups in total. The van der Waals surface area contributed by atoms with Crippen LogP contribution in [-0.4, -0.2) is 35.7 Å². The molecule has 82 valence electrons. The zero-order valence-corrected chi connectivity index (χ0v) is 9.48. The van der Waals surface area contributed by atoms with E-state index in [1.54, 1.807) is 0 Å². The number of carbonyl (C=O) groups is 1. The van der Waals surface area contributed by atoms with E-state index in [0.717, 1.165) is 12.8 Å². The molecule has 0 radical (unpaired) electrons. The van der Waals surface area contributed by atoms with E-state index in [0.29, 0.717) is 5.75 Å². The van der Waals surface area contributed by atoms with Crippen LogP contribution in [0, 0.1) is 5.92 Å². The maximum atomic E-state index is 11.4. The average molecular weight is 217 g/mol. The number of rotatable bonds is 4. The molecule has 0 saturated heterocycles. The van der Waals surface area contributed by atoms with E-state index in [2.05, 4.69) is 5.32 Å². The SMILES string of the molecule is CSCC(=O)NC1CCCCC1CO. The number of aliphatic hydroxyl groups is 1. The van der Waals surface area contributed by atoms with Crippen molar-refractivity contribution in [1.29, 1.82) is 0 Å². The van der Waals surface area contributed by atoms with Gasteiger partial charge in [0.1, 0.15) is 0 Å². The number of amides is 1. The molecule has 0 aliphatic heterocycles. The molecule has 1 aliphatic rings. The Morgan fingerprint density at radius 2 is 2.21 bits per heavy atom. The smallest absolute Gasteiger partial charge is 0.230 e. The zero-order chi connectivity index (χ0) is 10.4. The summed E-state index contributed by atoms with van der Waals surface area (Å²) in [6.07, 6.45) is 6.33. The number of thioether (sulfide) groups is 1. The topological polar surface area (TPSA) is 49.3 Å². The number of aliphatic hydroxyl groups excluding tert-OH is 1. The highest BCUT2D eigenvalue weighted by Crippen LogP contribution is 2.23. The molecule has 0 aromatic rings. The number of hydrogen-bond acceptors (Lipinski definition) is 3. The lowest BCUT2D eigenvalue weighted by Gasteiger charge is -2.30. The molecule has 0 aromatic carbocycles.